The fraction of sp³-hybridized carbons (Fsp3) is 1.00. The number of piperidine rings is 1. The zero-order chi connectivity index (χ0) is 17.3. The molecule has 1 fully saturated rings. The Morgan fingerprint density at radius 2 is 1.65 bits per heavy atom. The smallest absolute Gasteiger partial charge is 0.0334 e. The molecule has 0 N–H and O–H groups in total. The van der Waals surface area contributed by atoms with Crippen molar-refractivity contribution in [3.63, 3.8) is 0 Å². The van der Waals surface area contributed by atoms with E-state index in [0.29, 0.717) is 4.75 Å². The van der Waals surface area contributed by atoms with E-state index in [0.717, 1.165) is 17.8 Å². The van der Waals surface area contributed by atoms with Gasteiger partial charge in [-0.2, -0.15) is 0 Å². The second kappa shape index (κ2) is 11.3. The topological polar surface area (TPSA) is 3.24 Å². The lowest BCUT2D eigenvalue weighted by atomic mass is 9.88. The standard InChI is InChI=1S/C20H41NS2/c1-17(2)9-7-8-14-22-23-20(5,6)16-21-12-10-19(11-13-21)15-18(3)4/h17-19H,7-16H2,1-6H3. The predicted molar refractivity (Wildman–Crippen MR) is 111 cm³/mol. The molecular formula is C20H41NS2. The normalized spacial score (nSPS) is 18.3. The van der Waals surface area contributed by atoms with E-state index in [1.807, 2.05) is 0 Å². The molecule has 0 spiro atoms. The third-order valence-corrected chi connectivity index (χ3v) is 8.02. The van der Waals surface area contributed by atoms with Crippen LogP contribution in [-0.2, 0) is 0 Å². The Kier molecular flexibility index (Phi) is 10.7. The van der Waals surface area contributed by atoms with Gasteiger partial charge >= 0.3 is 0 Å². The minimum Gasteiger partial charge on any atom is -0.302 e. The summed E-state index contributed by atoms with van der Waals surface area (Å²) < 4.78 is 0.383. The zero-order valence-corrected chi connectivity index (χ0v) is 18.2. The highest BCUT2D eigenvalue weighted by Crippen LogP contribution is 2.37. The van der Waals surface area contributed by atoms with E-state index < -0.39 is 0 Å². The first-order valence-electron chi connectivity index (χ1n) is 9.81. The Hall–Kier alpha value is 0.660. The molecule has 0 saturated carbocycles. The maximum atomic E-state index is 2.71. The van der Waals surface area contributed by atoms with Crippen LogP contribution < -0.4 is 0 Å². The zero-order valence-electron chi connectivity index (χ0n) is 16.6. The van der Waals surface area contributed by atoms with Gasteiger partial charge in [0, 0.05) is 17.0 Å². The van der Waals surface area contributed by atoms with Gasteiger partial charge in [-0.05, 0) is 70.4 Å². The minimum atomic E-state index is 0.383. The lowest BCUT2D eigenvalue weighted by Crippen LogP contribution is -2.41. The van der Waals surface area contributed by atoms with E-state index in [-0.39, 0.29) is 0 Å². The number of nitrogens with zero attached hydrogens (tertiary/aromatic N) is 1. The van der Waals surface area contributed by atoms with Crippen molar-refractivity contribution in [2.75, 3.05) is 25.4 Å². The highest BCUT2D eigenvalue weighted by Gasteiger charge is 2.26. The molecule has 0 aromatic heterocycles. The van der Waals surface area contributed by atoms with Crippen molar-refractivity contribution < 1.29 is 0 Å². The first-order valence-corrected chi connectivity index (χ1v) is 12.1. The highest BCUT2D eigenvalue weighted by molar-refractivity contribution is 8.77. The van der Waals surface area contributed by atoms with Crippen molar-refractivity contribution in [2.45, 2.75) is 84.8 Å². The summed E-state index contributed by atoms with van der Waals surface area (Å²) in [6.07, 6.45) is 8.43. The van der Waals surface area contributed by atoms with Gasteiger partial charge in [-0.3, -0.25) is 0 Å². The molecule has 3 heteroatoms. The molecule has 23 heavy (non-hydrogen) atoms. The molecule has 0 unspecified atom stereocenters. The van der Waals surface area contributed by atoms with Crippen molar-refractivity contribution in [1.29, 1.82) is 0 Å². The second-order valence-electron chi connectivity index (χ2n) is 8.90. The van der Waals surface area contributed by atoms with E-state index in [2.05, 4.69) is 68.0 Å². The fourth-order valence-electron chi connectivity index (χ4n) is 3.53. The van der Waals surface area contributed by atoms with Gasteiger partial charge in [-0.1, -0.05) is 62.1 Å². The first-order chi connectivity index (χ1) is 10.8. The maximum absolute atomic E-state index is 2.71. The molecule has 1 aliphatic heterocycles. The molecular weight excluding hydrogens is 318 g/mol. The van der Waals surface area contributed by atoms with Crippen molar-refractivity contribution in [2.24, 2.45) is 17.8 Å². The van der Waals surface area contributed by atoms with Gasteiger partial charge in [0.05, 0.1) is 0 Å². The highest BCUT2D eigenvalue weighted by atomic mass is 33.1. The summed E-state index contributed by atoms with van der Waals surface area (Å²) in [5.41, 5.74) is 0. The molecule has 0 radical (unpaired) electrons. The maximum Gasteiger partial charge on any atom is 0.0334 e. The molecule has 1 heterocycles. The van der Waals surface area contributed by atoms with Gasteiger partial charge in [0.2, 0.25) is 0 Å². The summed E-state index contributed by atoms with van der Waals surface area (Å²) in [4.78, 5) is 2.71. The summed E-state index contributed by atoms with van der Waals surface area (Å²) in [6, 6.07) is 0. The molecule has 1 nitrogen and oxygen atoms in total. The lowest BCUT2D eigenvalue weighted by molar-refractivity contribution is 0.162. The third-order valence-electron chi connectivity index (χ3n) is 4.66. The number of hydrogen-bond donors (Lipinski definition) is 0. The molecule has 1 rings (SSSR count). The Balaban J connectivity index is 2.13. The summed E-state index contributed by atoms with van der Waals surface area (Å²) in [6.45, 7) is 18.1. The Bertz CT molecular complexity index is 294. The Labute approximate surface area is 154 Å². The van der Waals surface area contributed by atoms with Crippen LogP contribution in [-0.4, -0.2) is 35.0 Å². The molecule has 0 aromatic carbocycles. The van der Waals surface area contributed by atoms with Crippen LogP contribution in [0.1, 0.15) is 80.1 Å². The molecule has 0 amide bonds. The van der Waals surface area contributed by atoms with Crippen molar-refractivity contribution >= 4 is 21.6 Å². The van der Waals surface area contributed by atoms with Crippen LogP contribution in [0, 0.1) is 17.8 Å². The number of rotatable bonds is 11. The molecule has 0 aromatic rings. The van der Waals surface area contributed by atoms with Crippen LogP contribution in [0.4, 0.5) is 0 Å². The van der Waals surface area contributed by atoms with Crippen LogP contribution in [0.5, 0.6) is 0 Å². The SMILES string of the molecule is CC(C)CCCCSSC(C)(C)CN1CCC(CC(C)C)CC1. The molecule has 0 aliphatic carbocycles. The van der Waals surface area contributed by atoms with Gasteiger partial charge in [-0.15, -0.1) is 0 Å². The predicted octanol–water partition coefficient (Wildman–Crippen LogP) is 6.73. The quantitative estimate of drug-likeness (QED) is 0.297. The van der Waals surface area contributed by atoms with Crippen molar-refractivity contribution in [1.82, 2.24) is 4.90 Å². The number of unbranched alkanes of at least 4 members (excludes halogenated alkanes) is 1. The summed E-state index contributed by atoms with van der Waals surface area (Å²) in [7, 11) is 4.22. The Morgan fingerprint density at radius 3 is 2.22 bits per heavy atom. The van der Waals surface area contributed by atoms with Crippen molar-refractivity contribution in [3.8, 4) is 0 Å². The largest absolute Gasteiger partial charge is 0.302 e. The van der Waals surface area contributed by atoms with Crippen LogP contribution in [0.3, 0.4) is 0 Å². The van der Waals surface area contributed by atoms with E-state index >= 15 is 0 Å². The summed E-state index contributed by atoms with van der Waals surface area (Å²) >= 11 is 0. The van der Waals surface area contributed by atoms with Crippen LogP contribution in [0.25, 0.3) is 0 Å². The van der Waals surface area contributed by atoms with Crippen LogP contribution >= 0.6 is 21.6 Å². The van der Waals surface area contributed by atoms with Crippen molar-refractivity contribution in [3.05, 3.63) is 0 Å². The molecule has 1 saturated heterocycles. The average Bonchev–Trinajstić information content (AvgIpc) is 2.43. The third kappa shape index (κ3) is 11.0. The molecule has 138 valence electrons. The van der Waals surface area contributed by atoms with E-state index in [9.17, 15) is 0 Å². The van der Waals surface area contributed by atoms with E-state index in [4.69, 9.17) is 0 Å². The molecule has 0 atom stereocenters. The lowest BCUT2D eigenvalue weighted by Gasteiger charge is -2.37. The van der Waals surface area contributed by atoms with Gasteiger partial charge < -0.3 is 4.90 Å². The molecule has 0 bridgehead atoms. The number of likely N-dealkylation sites (tertiary alicyclic amines) is 1. The monoisotopic (exact) mass is 359 g/mol. The fourth-order valence-corrected chi connectivity index (χ4v) is 6.20. The van der Waals surface area contributed by atoms with Crippen LogP contribution in [0.15, 0.2) is 0 Å². The van der Waals surface area contributed by atoms with Gasteiger partial charge in [0.1, 0.15) is 0 Å². The summed E-state index contributed by atoms with van der Waals surface area (Å²) in [5, 5.41) is 0. The number of hydrogen-bond acceptors (Lipinski definition) is 3. The van der Waals surface area contributed by atoms with E-state index in [1.165, 1.54) is 63.9 Å². The first kappa shape index (κ1) is 21.7. The van der Waals surface area contributed by atoms with Gasteiger partial charge in [-0.25, -0.2) is 0 Å². The van der Waals surface area contributed by atoms with Crippen LogP contribution in [0.2, 0.25) is 0 Å². The Morgan fingerprint density at radius 1 is 1.00 bits per heavy atom. The van der Waals surface area contributed by atoms with E-state index in [1.54, 1.807) is 0 Å². The minimum absolute atomic E-state index is 0.383. The van der Waals surface area contributed by atoms with Gasteiger partial charge in [0.15, 0.2) is 0 Å². The molecule has 1 aliphatic rings. The second-order valence-corrected chi connectivity index (χ2v) is 12.0. The van der Waals surface area contributed by atoms with Gasteiger partial charge in [0.25, 0.3) is 0 Å². The average molecular weight is 360 g/mol. The summed E-state index contributed by atoms with van der Waals surface area (Å²) in [5.74, 6) is 4.03.